The van der Waals surface area contributed by atoms with Crippen LogP contribution in [0.15, 0.2) is 77.0 Å². The second-order valence-electron chi connectivity index (χ2n) is 7.47. The Balaban J connectivity index is 1.66. The Hall–Kier alpha value is -3.23. The Morgan fingerprint density at radius 1 is 1.06 bits per heavy atom. The maximum Gasteiger partial charge on any atom is 0.446 e. The summed E-state index contributed by atoms with van der Waals surface area (Å²) in [6.07, 6.45) is 0. The molecule has 33 heavy (non-hydrogen) atoms. The number of aromatic nitrogens is 1. The van der Waals surface area contributed by atoms with E-state index in [1.54, 1.807) is 35.6 Å². The van der Waals surface area contributed by atoms with Crippen molar-refractivity contribution in [1.29, 1.82) is 0 Å². The van der Waals surface area contributed by atoms with Gasteiger partial charge in [-0.15, -0.1) is 11.3 Å². The number of benzene rings is 3. The fraction of sp³-hybridized carbons (Fsp3) is 0.0800. The SMILES string of the molecule is NC(=O)c1cccc2c1c1[c]cc(-c3cccs3)cc1n2Cc1ccc(SC(F)(F)F)cc1. The van der Waals surface area contributed by atoms with E-state index in [0.717, 1.165) is 37.8 Å². The zero-order valence-electron chi connectivity index (χ0n) is 17.0. The molecule has 8 heteroatoms. The average molecular weight is 482 g/mol. The number of hydrogen-bond donors (Lipinski definition) is 1. The third kappa shape index (κ3) is 4.24. The number of thioether (sulfide) groups is 1. The first kappa shape index (κ1) is 21.6. The van der Waals surface area contributed by atoms with Gasteiger partial charge in [-0.25, -0.2) is 0 Å². The number of fused-ring (bicyclic) bond motifs is 3. The van der Waals surface area contributed by atoms with E-state index in [2.05, 4.69) is 16.7 Å². The molecule has 2 aromatic heterocycles. The van der Waals surface area contributed by atoms with Gasteiger partial charge in [-0.05, 0) is 76.8 Å². The summed E-state index contributed by atoms with van der Waals surface area (Å²) in [5, 5.41) is 3.51. The Morgan fingerprint density at radius 3 is 2.52 bits per heavy atom. The molecule has 5 aromatic rings. The van der Waals surface area contributed by atoms with Crippen LogP contribution in [0.3, 0.4) is 0 Å². The molecule has 0 saturated heterocycles. The van der Waals surface area contributed by atoms with E-state index in [0.29, 0.717) is 12.1 Å². The first-order valence-electron chi connectivity index (χ1n) is 9.95. The van der Waals surface area contributed by atoms with Gasteiger partial charge >= 0.3 is 5.51 Å². The summed E-state index contributed by atoms with van der Waals surface area (Å²) in [5.41, 5.74) is 5.26. The Bertz CT molecular complexity index is 1470. The summed E-state index contributed by atoms with van der Waals surface area (Å²) in [6.45, 7) is 0.418. The number of rotatable bonds is 5. The maximum atomic E-state index is 12.7. The smallest absolute Gasteiger partial charge is 0.366 e. The molecule has 0 fully saturated rings. The molecule has 0 aliphatic carbocycles. The topological polar surface area (TPSA) is 48.0 Å². The Morgan fingerprint density at radius 2 is 1.85 bits per heavy atom. The monoisotopic (exact) mass is 481 g/mol. The number of alkyl halides is 3. The quantitative estimate of drug-likeness (QED) is 0.273. The maximum absolute atomic E-state index is 12.7. The van der Waals surface area contributed by atoms with E-state index in [9.17, 15) is 18.0 Å². The highest BCUT2D eigenvalue weighted by Crippen LogP contribution is 2.38. The number of amides is 1. The van der Waals surface area contributed by atoms with E-state index in [4.69, 9.17) is 5.73 Å². The van der Waals surface area contributed by atoms with Crippen molar-refractivity contribution in [1.82, 2.24) is 4.57 Å². The zero-order valence-corrected chi connectivity index (χ0v) is 18.7. The van der Waals surface area contributed by atoms with Crippen LogP contribution in [-0.2, 0) is 6.54 Å². The van der Waals surface area contributed by atoms with Crippen LogP contribution in [-0.4, -0.2) is 16.0 Å². The van der Waals surface area contributed by atoms with Crippen molar-refractivity contribution in [3.05, 3.63) is 89.3 Å². The van der Waals surface area contributed by atoms with Crippen LogP contribution in [0.25, 0.3) is 32.2 Å². The predicted molar refractivity (Wildman–Crippen MR) is 128 cm³/mol. The molecule has 0 spiro atoms. The normalized spacial score (nSPS) is 12.0. The standard InChI is InChI=1S/C25H16F3N2OS2/c26-25(27,28)33-17-9-6-15(7-10-17)14-30-20-4-1-3-19(24(29)31)23(20)18-11-8-16(13-21(18)30)22-5-2-12-32-22/h1-10,12-13H,14H2,(H2,29,31). The minimum absolute atomic E-state index is 0.134. The van der Waals surface area contributed by atoms with Gasteiger partial charge in [0.25, 0.3) is 0 Å². The lowest BCUT2D eigenvalue weighted by molar-refractivity contribution is -0.0328. The number of hydrogen-bond acceptors (Lipinski definition) is 3. The number of nitrogens with zero attached hydrogens (tertiary/aromatic N) is 1. The molecule has 0 aliphatic rings. The average Bonchev–Trinajstić information content (AvgIpc) is 3.41. The zero-order chi connectivity index (χ0) is 23.2. The summed E-state index contributed by atoms with van der Waals surface area (Å²) in [6, 6.07) is 23.0. The van der Waals surface area contributed by atoms with E-state index in [1.165, 1.54) is 12.1 Å². The molecule has 0 saturated carbocycles. The molecule has 3 aromatic carbocycles. The van der Waals surface area contributed by atoms with Gasteiger partial charge in [0.05, 0.1) is 11.0 Å². The lowest BCUT2D eigenvalue weighted by Crippen LogP contribution is -2.11. The highest BCUT2D eigenvalue weighted by atomic mass is 32.2. The van der Waals surface area contributed by atoms with Crippen molar-refractivity contribution in [3.63, 3.8) is 0 Å². The van der Waals surface area contributed by atoms with Crippen molar-refractivity contribution in [2.45, 2.75) is 16.9 Å². The largest absolute Gasteiger partial charge is 0.446 e. The number of halogens is 3. The van der Waals surface area contributed by atoms with E-state index >= 15 is 0 Å². The number of nitrogens with two attached hydrogens (primary N) is 1. The predicted octanol–water partition coefficient (Wildman–Crippen LogP) is 7.08. The van der Waals surface area contributed by atoms with Crippen molar-refractivity contribution < 1.29 is 18.0 Å². The first-order valence-corrected chi connectivity index (χ1v) is 11.6. The van der Waals surface area contributed by atoms with E-state index in [1.807, 2.05) is 29.6 Å². The number of thiophene rings is 1. The van der Waals surface area contributed by atoms with Crippen LogP contribution >= 0.6 is 23.1 Å². The van der Waals surface area contributed by atoms with Gasteiger partial charge in [0, 0.05) is 32.7 Å². The molecule has 0 atom stereocenters. The minimum atomic E-state index is -4.33. The number of primary amides is 1. The third-order valence-electron chi connectivity index (χ3n) is 5.36. The second-order valence-corrected chi connectivity index (χ2v) is 9.55. The van der Waals surface area contributed by atoms with Crippen molar-refractivity contribution in [2.24, 2.45) is 5.73 Å². The van der Waals surface area contributed by atoms with Gasteiger partial charge in [-0.1, -0.05) is 24.3 Å². The van der Waals surface area contributed by atoms with Gasteiger partial charge in [-0.2, -0.15) is 13.2 Å². The van der Waals surface area contributed by atoms with E-state index in [-0.39, 0.29) is 16.7 Å². The fourth-order valence-electron chi connectivity index (χ4n) is 4.00. The van der Waals surface area contributed by atoms with Gasteiger partial charge in [-0.3, -0.25) is 4.79 Å². The molecule has 5 rings (SSSR count). The fourth-order valence-corrected chi connectivity index (χ4v) is 5.25. The van der Waals surface area contributed by atoms with Gasteiger partial charge in [0.15, 0.2) is 0 Å². The first-order chi connectivity index (χ1) is 15.8. The minimum Gasteiger partial charge on any atom is -0.366 e. The molecule has 2 N–H and O–H groups in total. The summed E-state index contributed by atoms with van der Waals surface area (Å²) in [7, 11) is 0. The van der Waals surface area contributed by atoms with Gasteiger partial charge < -0.3 is 10.3 Å². The lowest BCUT2D eigenvalue weighted by Gasteiger charge is -2.10. The number of carbonyl (C=O) groups is 1. The molecule has 0 bridgehead atoms. The van der Waals surface area contributed by atoms with Gasteiger partial charge in [0.2, 0.25) is 5.91 Å². The van der Waals surface area contributed by atoms with Gasteiger partial charge in [0.1, 0.15) is 0 Å². The Kier molecular flexibility index (Phi) is 5.42. The summed E-state index contributed by atoms with van der Waals surface area (Å²) >= 11 is 1.48. The molecule has 2 heterocycles. The molecule has 165 valence electrons. The molecular formula is C25H16F3N2OS2. The third-order valence-corrected chi connectivity index (χ3v) is 7.02. The summed E-state index contributed by atoms with van der Waals surface area (Å²) in [5.74, 6) is -0.524. The van der Waals surface area contributed by atoms with Crippen molar-refractivity contribution in [3.8, 4) is 10.4 Å². The summed E-state index contributed by atoms with van der Waals surface area (Å²) < 4.78 is 40.1. The van der Waals surface area contributed by atoms with Crippen LogP contribution in [0.4, 0.5) is 13.2 Å². The van der Waals surface area contributed by atoms with Crippen LogP contribution < -0.4 is 5.73 Å². The molecular weight excluding hydrogens is 465 g/mol. The van der Waals surface area contributed by atoms with Crippen molar-refractivity contribution in [2.75, 3.05) is 0 Å². The highest BCUT2D eigenvalue weighted by Gasteiger charge is 2.29. The molecule has 1 amide bonds. The number of carbonyl (C=O) groups excluding carboxylic acids is 1. The van der Waals surface area contributed by atoms with Crippen molar-refractivity contribution >= 4 is 50.8 Å². The van der Waals surface area contributed by atoms with E-state index < -0.39 is 11.4 Å². The second kappa shape index (κ2) is 8.28. The van der Waals surface area contributed by atoms with Crippen LogP contribution in [0, 0.1) is 6.07 Å². The molecule has 0 unspecified atom stereocenters. The lowest BCUT2D eigenvalue weighted by atomic mass is 10.0. The Labute approximate surface area is 195 Å². The molecule has 0 aliphatic heterocycles. The highest BCUT2D eigenvalue weighted by molar-refractivity contribution is 8.00. The van der Waals surface area contributed by atoms with Crippen LogP contribution in [0.5, 0.6) is 0 Å². The van der Waals surface area contributed by atoms with Crippen LogP contribution in [0.2, 0.25) is 0 Å². The van der Waals surface area contributed by atoms with Crippen LogP contribution in [0.1, 0.15) is 15.9 Å². The molecule has 1 radical (unpaired) electrons. The summed E-state index contributed by atoms with van der Waals surface area (Å²) in [4.78, 5) is 13.4. The molecule has 3 nitrogen and oxygen atoms in total.